The topological polar surface area (TPSA) is 46.6 Å². The lowest BCUT2D eigenvalue weighted by molar-refractivity contribution is -0.122. The molecule has 2 aromatic rings. The van der Waals surface area contributed by atoms with Gasteiger partial charge in [-0.1, -0.05) is 53.0 Å². The molecule has 3 rings (SSSR count). The molecular formula is C20H17Cl2NO3S. The Morgan fingerprint density at radius 1 is 1.15 bits per heavy atom. The van der Waals surface area contributed by atoms with E-state index in [1.165, 1.54) is 4.90 Å². The average molecular weight is 422 g/mol. The van der Waals surface area contributed by atoms with Crippen molar-refractivity contribution in [2.45, 2.75) is 20.5 Å². The molecule has 1 fully saturated rings. The SMILES string of the molecule is CCN1C(=O)S/C(=C/c2cc(Cl)c(OCc3cccc(C)c3)c(Cl)c2)C1=O. The number of ether oxygens (including phenoxy) is 1. The average Bonchev–Trinajstić information content (AvgIpc) is 2.87. The molecule has 0 spiro atoms. The third kappa shape index (κ3) is 4.49. The van der Waals surface area contributed by atoms with Crippen molar-refractivity contribution in [2.75, 3.05) is 6.54 Å². The quantitative estimate of drug-likeness (QED) is 0.560. The lowest BCUT2D eigenvalue weighted by Gasteiger charge is -2.11. The molecule has 0 radical (unpaired) electrons. The van der Waals surface area contributed by atoms with Crippen LogP contribution < -0.4 is 4.74 Å². The number of benzene rings is 2. The molecule has 0 unspecified atom stereocenters. The van der Waals surface area contributed by atoms with E-state index in [9.17, 15) is 9.59 Å². The van der Waals surface area contributed by atoms with Gasteiger partial charge in [-0.05, 0) is 54.9 Å². The van der Waals surface area contributed by atoms with Crippen molar-refractivity contribution in [2.24, 2.45) is 0 Å². The van der Waals surface area contributed by atoms with Crippen LogP contribution in [0, 0.1) is 6.92 Å². The summed E-state index contributed by atoms with van der Waals surface area (Å²) in [6.45, 7) is 4.46. The maximum Gasteiger partial charge on any atom is 0.293 e. The number of thioether (sulfide) groups is 1. The van der Waals surface area contributed by atoms with Crippen LogP contribution in [0.2, 0.25) is 10.0 Å². The summed E-state index contributed by atoms with van der Waals surface area (Å²) in [4.78, 5) is 25.5. The largest absolute Gasteiger partial charge is 0.486 e. The summed E-state index contributed by atoms with van der Waals surface area (Å²) >= 11 is 13.6. The van der Waals surface area contributed by atoms with E-state index >= 15 is 0 Å². The number of imide groups is 1. The van der Waals surface area contributed by atoms with E-state index in [0.29, 0.717) is 39.4 Å². The highest BCUT2D eigenvalue weighted by Crippen LogP contribution is 2.37. The Labute approximate surface area is 172 Å². The predicted octanol–water partition coefficient (Wildman–Crippen LogP) is 5.94. The highest BCUT2D eigenvalue weighted by atomic mass is 35.5. The summed E-state index contributed by atoms with van der Waals surface area (Å²) in [5.74, 6) is 0.0816. The highest BCUT2D eigenvalue weighted by molar-refractivity contribution is 8.18. The first-order valence-corrected chi connectivity index (χ1v) is 9.89. The molecule has 0 N–H and O–H groups in total. The number of carbonyl (C=O) groups is 2. The maximum absolute atomic E-state index is 12.2. The number of hydrogen-bond acceptors (Lipinski definition) is 4. The minimum absolute atomic E-state index is 0.274. The zero-order valence-electron chi connectivity index (χ0n) is 14.8. The summed E-state index contributed by atoms with van der Waals surface area (Å²) < 4.78 is 5.79. The maximum atomic E-state index is 12.2. The van der Waals surface area contributed by atoms with Crippen LogP contribution in [0.3, 0.4) is 0 Å². The predicted molar refractivity (Wildman–Crippen MR) is 110 cm³/mol. The van der Waals surface area contributed by atoms with Crippen molar-refractivity contribution in [1.29, 1.82) is 0 Å². The summed E-state index contributed by atoms with van der Waals surface area (Å²) in [6.07, 6.45) is 1.61. The zero-order valence-corrected chi connectivity index (χ0v) is 17.1. The molecule has 0 saturated carbocycles. The van der Waals surface area contributed by atoms with Crippen molar-refractivity contribution in [1.82, 2.24) is 4.90 Å². The second-order valence-corrected chi connectivity index (χ2v) is 7.82. The Morgan fingerprint density at radius 3 is 2.44 bits per heavy atom. The fourth-order valence-electron chi connectivity index (χ4n) is 2.68. The van der Waals surface area contributed by atoms with E-state index in [1.54, 1.807) is 25.1 Å². The highest BCUT2D eigenvalue weighted by Gasteiger charge is 2.33. The van der Waals surface area contributed by atoms with Crippen molar-refractivity contribution in [3.8, 4) is 5.75 Å². The molecule has 0 aromatic heterocycles. The molecule has 2 aromatic carbocycles. The van der Waals surface area contributed by atoms with Gasteiger partial charge in [0.1, 0.15) is 6.61 Å². The molecule has 1 heterocycles. The summed E-state index contributed by atoms with van der Waals surface area (Å²) in [5, 5.41) is 0.413. The van der Waals surface area contributed by atoms with Gasteiger partial charge in [0.2, 0.25) is 0 Å². The van der Waals surface area contributed by atoms with Gasteiger partial charge in [-0.2, -0.15) is 0 Å². The van der Waals surface area contributed by atoms with E-state index in [4.69, 9.17) is 27.9 Å². The fraction of sp³-hybridized carbons (Fsp3) is 0.200. The molecule has 4 nitrogen and oxygen atoms in total. The van der Waals surface area contributed by atoms with Gasteiger partial charge in [0, 0.05) is 6.54 Å². The van der Waals surface area contributed by atoms with Crippen LogP contribution in [0.5, 0.6) is 5.75 Å². The Kier molecular flexibility index (Phi) is 6.15. The minimum Gasteiger partial charge on any atom is -0.486 e. The zero-order chi connectivity index (χ0) is 19.6. The fourth-order valence-corrected chi connectivity index (χ4v) is 4.20. The lowest BCUT2D eigenvalue weighted by Crippen LogP contribution is -2.27. The first-order chi connectivity index (χ1) is 12.9. The molecule has 7 heteroatoms. The van der Waals surface area contributed by atoms with E-state index < -0.39 is 0 Å². The number of rotatable bonds is 5. The Balaban J connectivity index is 1.80. The van der Waals surface area contributed by atoms with Gasteiger partial charge in [-0.3, -0.25) is 14.5 Å². The smallest absolute Gasteiger partial charge is 0.293 e. The molecule has 0 aliphatic carbocycles. The number of aryl methyl sites for hydroxylation is 1. The van der Waals surface area contributed by atoms with Crippen molar-refractivity contribution in [3.05, 3.63) is 68.0 Å². The summed E-state index contributed by atoms with van der Waals surface area (Å²) in [7, 11) is 0. The molecule has 27 heavy (non-hydrogen) atoms. The monoisotopic (exact) mass is 421 g/mol. The van der Waals surface area contributed by atoms with Crippen LogP contribution in [-0.4, -0.2) is 22.6 Å². The molecule has 0 atom stereocenters. The van der Waals surface area contributed by atoms with Gasteiger partial charge in [-0.25, -0.2) is 0 Å². The number of nitrogens with zero attached hydrogens (tertiary/aromatic N) is 1. The number of amides is 2. The lowest BCUT2D eigenvalue weighted by atomic mass is 10.1. The van der Waals surface area contributed by atoms with Gasteiger partial charge >= 0.3 is 0 Å². The number of halogens is 2. The molecule has 1 saturated heterocycles. The Hall–Kier alpha value is -1.95. The Bertz CT molecular complexity index is 920. The van der Waals surface area contributed by atoms with Gasteiger partial charge in [0.05, 0.1) is 15.0 Å². The van der Waals surface area contributed by atoms with Crippen LogP contribution in [0.15, 0.2) is 41.3 Å². The van der Waals surface area contributed by atoms with Gasteiger partial charge in [0.15, 0.2) is 5.75 Å². The van der Waals surface area contributed by atoms with Crippen molar-refractivity contribution >= 4 is 52.2 Å². The molecular weight excluding hydrogens is 405 g/mol. The minimum atomic E-state index is -0.306. The molecule has 1 aliphatic rings. The second kappa shape index (κ2) is 8.38. The number of hydrogen-bond donors (Lipinski definition) is 0. The third-order valence-electron chi connectivity index (χ3n) is 3.97. The molecule has 0 bridgehead atoms. The number of likely N-dealkylation sites (N-methyl/N-ethyl adjacent to an activating group) is 1. The van der Waals surface area contributed by atoms with Crippen molar-refractivity contribution in [3.63, 3.8) is 0 Å². The molecule has 140 valence electrons. The van der Waals surface area contributed by atoms with Crippen LogP contribution in [0.25, 0.3) is 6.08 Å². The first-order valence-electron chi connectivity index (χ1n) is 8.31. The normalized spacial score (nSPS) is 15.7. The van der Waals surface area contributed by atoms with Crippen LogP contribution in [0.4, 0.5) is 4.79 Å². The van der Waals surface area contributed by atoms with Gasteiger partial charge in [-0.15, -0.1) is 0 Å². The molecule has 1 aliphatic heterocycles. The van der Waals surface area contributed by atoms with Crippen molar-refractivity contribution < 1.29 is 14.3 Å². The second-order valence-electron chi connectivity index (χ2n) is 6.02. The van der Waals surface area contributed by atoms with Gasteiger partial charge < -0.3 is 4.74 Å². The van der Waals surface area contributed by atoms with Gasteiger partial charge in [0.25, 0.3) is 11.1 Å². The van der Waals surface area contributed by atoms with Crippen LogP contribution in [-0.2, 0) is 11.4 Å². The van der Waals surface area contributed by atoms with E-state index in [2.05, 4.69) is 0 Å². The van der Waals surface area contributed by atoms with E-state index in [0.717, 1.165) is 22.9 Å². The number of carbonyl (C=O) groups excluding carboxylic acids is 2. The van der Waals surface area contributed by atoms with E-state index in [1.807, 2.05) is 31.2 Å². The summed E-state index contributed by atoms with van der Waals surface area (Å²) in [6, 6.07) is 11.3. The van der Waals surface area contributed by atoms with Crippen LogP contribution >= 0.6 is 35.0 Å². The molecule has 2 amide bonds. The third-order valence-corrected chi connectivity index (χ3v) is 5.44. The standard InChI is InChI=1S/C20H17Cl2NO3S/c1-3-23-19(24)17(27-20(23)25)10-14-8-15(21)18(16(22)9-14)26-11-13-6-4-5-12(2)7-13/h4-10H,3,11H2,1-2H3/b17-10+. The van der Waals surface area contributed by atoms with Crippen LogP contribution in [0.1, 0.15) is 23.6 Å². The first kappa shape index (κ1) is 19.8. The van der Waals surface area contributed by atoms with E-state index in [-0.39, 0.29) is 11.1 Å². The Morgan fingerprint density at radius 2 is 1.85 bits per heavy atom. The summed E-state index contributed by atoms with van der Waals surface area (Å²) in [5.41, 5.74) is 2.79.